The van der Waals surface area contributed by atoms with Crippen LogP contribution in [0.1, 0.15) is 6.92 Å². The van der Waals surface area contributed by atoms with Gasteiger partial charge < -0.3 is 4.52 Å². The number of benzene rings is 2. The predicted molar refractivity (Wildman–Crippen MR) is 79.0 cm³/mol. The van der Waals surface area contributed by atoms with Crippen LogP contribution in [0, 0.1) is 0 Å². The van der Waals surface area contributed by atoms with Gasteiger partial charge in [0.25, 0.3) is 0 Å². The molecule has 0 saturated carbocycles. The highest BCUT2D eigenvalue weighted by molar-refractivity contribution is 7.56. The van der Waals surface area contributed by atoms with Crippen molar-refractivity contribution in [1.82, 2.24) is 0 Å². The van der Waals surface area contributed by atoms with Crippen molar-refractivity contribution >= 4 is 13.4 Å². The summed E-state index contributed by atoms with van der Waals surface area (Å²) in [6.07, 6.45) is -0.134. The molecule has 1 fully saturated rings. The molecule has 0 spiro atoms. The van der Waals surface area contributed by atoms with Crippen LogP contribution in [0.2, 0.25) is 0 Å². The monoisotopic (exact) mass is 289 g/mol. The van der Waals surface area contributed by atoms with E-state index in [4.69, 9.17) is 9.05 Å². The van der Waals surface area contributed by atoms with Crippen LogP contribution in [0.4, 0.5) is 5.69 Å². The van der Waals surface area contributed by atoms with Crippen LogP contribution in [0.5, 0.6) is 5.75 Å². The maximum atomic E-state index is 13.0. The summed E-state index contributed by atoms with van der Waals surface area (Å²) >= 11 is 0. The minimum Gasteiger partial charge on any atom is -0.409 e. The average molecular weight is 289 g/mol. The number of para-hydroxylation sites is 2. The van der Waals surface area contributed by atoms with Gasteiger partial charge in [0, 0.05) is 5.69 Å². The Morgan fingerprint density at radius 2 is 1.70 bits per heavy atom. The summed E-state index contributed by atoms with van der Waals surface area (Å²) in [5.74, 6) is 0.547. The lowest BCUT2D eigenvalue weighted by atomic mass is 10.3. The largest absolute Gasteiger partial charge is 0.489 e. The van der Waals surface area contributed by atoms with Crippen LogP contribution in [0.3, 0.4) is 0 Å². The topological polar surface area (TPSA) is 38.8 Å². The molecule has 104 valence electrons. The zero-order valence-electron chi connectivity index (χ0n) is 11.2. The van der Waals surface area contributed by atoms with E-state index in [0.29, 0.717) is 12.3 Å². The van der Waals surface area contributed by atoms with Crippen LogP contribution >= 0.6 is 7.75 Å². The predicted octanol–water partition coefficient (Wildman–Crippen LogP) is 4.10. The van der Waals surface area contributed by atoms with Crippen LogP contribution in [-0.4, -0.2) is 12.6 Å². The molecule has 1 aliphatic heterocycles. The molecule has 0 aliphatic carbocycles. The number of nitrogens with zero attached hydrogens (tertiary/aromatic N) is 1. The van der Waals surface area contributed by atoms with Gasteiger partial charge in [-0.1, -0.05) is 36.4 Å². The van der Waals surface area contributed by atoms with E-state index < -0.39 is 7.75 Å². The fraction of sp³-hybridized carbons (Fsp3) is 0.200. The minimum absolute atomic E-state index is 0.134. The molecule has 1 heterocycles. The molecule has 2 aromatic carbocycles. The smallest absolute Gasteiger partial charge is 0.409 e. The fourth-order valence-electron chi connectivity index (χ4n) is 2.19. The Morgan fingerprint density at radius 3 is 2.35 bits per heavy atom. The van der Waals surface area contributed by atoms with E-state index in [1.165, 1.54) is 0 Å². The van der Waals surface area contributed by atoms with E-state index in [1.807, 2.05) is 55.5 Å². The molecular formula is C15H16NO3P. The van der Waals surface area contributed by atoms with Crippen molar-refractivity contribution in [1.29, 1.82) is 0 Å². The highest BCUT2D eigenvalue weighted by atomic mass is 31.2. The third kappa shape index (κ3) is 2.58. The lowest BCUT2D eigenvalue weighted by Gasteiger charge is -2.23. The van der Waals surface area contributed by atoms with Gasteiger partial charge in [-0.05, 0) is 31.2 Å². The minimum atomic E-state index is -3.35. The second-order valence-electron chi connectivity index (χ2n) is 4.71. The van der Waals surface area contributed by atoms with Gasteiger partial charge in [-0.3, -0.25) is 9.19 Å². The number of rotatable bonds is 3. The first-order valence-electron chi connectivity index (χ1n) is 6.53. The summed E-state index contributed by atoms with van der Waals surface area (Å²) in [5.41, 5.74) is 0.844. The Labute approximate surface area is 118 Å². The van der Waals surface area contributed by atoms with Crippen molar-refractivity contribution in [3.8, 4) is 5.75 Å². The van der Waals surface area contributed by atoms with Gasteiger partial charge in [-0.15, -0.1) is 0 Å². The zero-order valence-corrected chi connectivity index (χ0v) is 12.1. The first-order chi connectivity index (χ1) is 9.67. The van der Waals surface area contributed by atoms with Crippen molar-refractivity contribution in [2.75, 3.05) is 11.2 Å². The van der Waals surface area contributed by atoms with Crippen LogP contribution in [-0.2, 0) is 9.09 Å². The molecule has 0 unspecified atom stereocenters. The van der Waals surface area contributed by atoms with Gasteiger partial charge in [0.15, 0.2) is 0 Å². The normalized spacial score (nSPS) is 25.6. The molecule has 0 amide bonds. The molecule has 2 aromatic rings. The van der Waals surface area contributed by atoms with Crippen LogP contribution < -0.4 is 9.19 Å². The Kier molecular flexibility index (Phi) is 3.51. The van der Waals surface area contributed by atoms with Crippen molar-refractivity contribution in [3.05, 3.63) is 60.7 Å². The van der Waals surface area contributed by atoms with E-state index in [-0.39, 0.29) is 6.10 Å². The lowest BCUT2D eigenvalue weighted by molar-refractivity contribution is 0.234. The third-order valence-electron chi connectivity index (χ3n) is 3.06. The van der Waals surface area contributed by atoms with E-state index >= 15 is 0 Å². The van der Waals surface area contributed by atoms with Crippen molar-refractivity contribution < 1.29 is 13.6 Å². The summed E-state index contributed by atoms with van der Waals surface area (Å²) in [5, 5.41) is 0. The molecule has 0 aromatic heterocycles. The summed E-state index contributed by atoms with van der Waals surface area (Å²) in [6.45, 7) is 2.44. The quantitative estimate of drug-likeness (QED) is 0.797. The van der Waals surface area contributed by atoms with Gasteiger partial charge in [-0.2, -0.15) is 0 Å². The molecule has 0 N–H and O–H groups in total. The first-order valence-corrected chi connectivity index (χ1v) is 8.03. The van der Waals surface area contributed by atoms with Gasteiger partial charge in [0.1, 0.15) is 5.75 Å². The number of hydrogen-bond acceptors (Lipinski definition) is 3. The highest BCUT2D eigenvalue weighted by Gasteiger charge is 2.44. The van der Waals surface area contributed by atoms with E-state index in [9.17, 15) is 4.57 Å². The Hall–Kier alpha value is -1.77. The molecule has 4 nitrogen and oxygen atoms in total. The first kappa shape index (κ1) is 13.2. The highest BCUT2D eigenvalue weighted by Crippen LogP contribution is 2.58. The van der Waals surface area contributed by atoms with Gasteiger partial charge in [0.2, 0.25) is 0 Å². The average Bonchev–Trinajstić information content (AvgIpc) is 2.75. The van der Waals surface area contributed by atoms with Crippen molar-refractivity contribution in [3.63, 3.8) is 0 Å². The summed E-state index contributed by atoms with van der Waals surface area (Å²) in [6, 6.07) is 18.7. The molecule has 20 heavy (non-hydrogen) atoms. The van der Waals surface area contributed by atoms with E-state index in [2.05, 4.69) is 0 Å². The van der Waals surface area contributed by atoms with E-state index in [0.717, 1.165) is 5.69 Å². The van der Waals surface area contributed by atoms with Crippen molar-refractivity contribution in [2.24, 2.45) is 0 Å². The molecule has 2 atom stereocenters. The number of anilines is 1. The molecule has 0 bridgehead atoms. The van der Waals surface area contributed by atoms with E-state index in [1.54, 1.807) is 16.8 Å². The second kappa shape index (κ2) is 5.31. The van der Waals surface area contributed by atoms with Gasteiger partial charge in [0.05, 0.1) is 12.6 Å². The molecule has 3 rings (SSSR count). The third-order valence-corrected chi connectivity index (χ3v) is 5.11. The van der Waals surface area contributed by atoms with Crippen molar-refractivity contribution in [2.45, 2.75) is 13.0 Å². The lowest BCUT2D eigenvalue weighted by Crippen LogP contribution is -2.19. The van der Waals surface area contributed by atoms with Crippen LogP contribution in [0.25, 0.3) is 0 Å². The summed E-state index contributed by atoms with van der Waals surface area (Å²) < 4.78 is 26.0. The van der Waals surface area contributed by atoms with Gasteiger partial charge in [-0.25, -0.2) is 4.57 Å². The fourth-order valence-corrected chi connectivity index (χ4v) is 4.20. The number of hydrogen-bond donors (Lipinski definition) is 0. The summed E-state index contributed by atoms with van der Waals surface area (Å²) in [4.78, 5) is 0. The Morgan fingerprint density at radius 1 is 1.10 bits per heavy atom. The maximum absolute atomic E-state index is 13.0. The second-order valence-corrected chi connectivity index (χ2v) is 6.52. The van der Waals surface area contributed by atoms with Gasteiger partial charge >= 0.3 is 7.75 Å². The Balaban J connectivity index is 1.91. The summed E-state index contributed by atoms with van der Waals surface area (Å²) in [7, 11) is -3.35. The molecule has 0 radical (unpaired) electrons. The SMILES string of the molecule is C[C@@H]1CN(c2ccccc2)[P@](=O)(Oc2ccccc2)O1. The standard InChI is InChI=1S/C15H16NO3P/c1-13-12-16(14-8-4-2-5-9-14)20(17,18-13)19-15-10-6-3-7-11-15/h2-11,13H,12H2,1H3/t13-,20-/m1/s1. The van der Waals surface area contributed by atoms with Crippen LogP contribution in [0.15, 0.2) is 60.7 Å². The molecule has 1 saturated heterocycles. The maximum Gasteiger partial charge on any atom is 0.489 e. The molecular weight excluding hydrogens is 273 g/mol. The Bertz CT molecular complexity index is 618. The zero-order chi connectivity index (χ0) is 14.0. The molecule has 1 aliphatic rings. The molecule has 5 heteroatoms.